The molecule has 0 radical (unpaired) electrons. The normalized spacial score (nSPS) is 12.5. The molecule has 0 saturated heterocycles. The van der Waals surface area contributed by atoms with Crippen LogP contribution in [0, 0.1) is 6.92 Å². The number of benzene rings is 2. The molecule has 3 aromatic rings. The van der Waals surface area contributed by atoms with Crippen molar-refractivity contribution in [1.29, 1.82) is 0 Å². The summed E-state index contributed by atoms with van der Waals surface area (Å²) < 4.78 is 0. The molecule has 0 fully saturated rings. The maximum atomic E-state index is 6.39. The zero-order valence-electron chi connectivity index (χ0n) is 12.0. The zero-order valence-corrected chi connectivity index (χ0v) is 12.8. The summed E-state index contributed by atoms with van der Waals surface area (Å²) in [6.07, 6.45) is 3.78. The van der Waals surface area contributed by atoms with Gasteiger partial charge in [-0.2, -0.15) is 0 Å². The Balaban J connectivity index is 1.79. The minimum atomic E-state index is -0.0193. The van der Waals surface area contributed by atoms with Gasteiger partial charge in [0.15, 0.2) is 0 Å². The maximum Gasteiger partial charge on any atom is 0.0411 e. The van der Waals surface area contributed by atoms with Crippen molar-refractivity contribution in [2.75, 3.05) is 5.75 Å². The third-order valence-electron chi connectivity index (χ3n) is 3.52. The lowest BCUT2D eigenvalue weighted by molar-refractivity contribution is 0.834. The third-order valence-corrected chi connectivity index (χ3v) is 4.63. The van der Waals surface area contributed by atoms with Gasteiger partial charge in [0.25, 0.3) is 0 Å². The number of fused-ring (bicyclic) bond motifs is 1. The second-order valence-electron chi connectivity index (χ2n) is 5.18. The number of nitrogens with zero attached hydrogens (tertiary/aromatic N) is 1. The SMILES string of the molecule is Cc1cccc(SCC(N)c2cncc3ccccc23)c1. The van der Waals surface area contributed by atoms with E-state index in [1.807, 2.05) is 24.5 Å². The summed E-state index contributed by atoms with van der Waals surface area (Å²) in [5, 5.41) is 2.34. The van der Waals surface area contributed by atoms with E-state index in [4.69, 9.17) is 5.73 Å². The zero-order chi connectivity index (χ0) is 14.7. The van der Waals surface area contributed by atoms with Crippen LogP contribution in [0.4, 0.5) is 0 Å². The quantitative estimate of drug-likeness (QED) is 0.728. The first kappa shape index (κ1) is 14.1. The summed E-state index contributed by atoms with van der Waals surface area (Å²) in [7, 11) is 0. The summed E-state index contributed by atoms with van der Waals surface area (Å²) in [5.41, 5.74) is 8.78. The van der Waals surface area contributed by atoms with Crippen molar-refractivity contribution < 1.29 is 0 Å². The predicted octanol–water partition coefficient (Wildman–Crippen LogP) is 4.34. The van der Waals surface area contributed by atoms with Crippen molar-refractivity contribution in [3.05, 3.63) is 72.1 Å². The van der Waals surface area contributed by atoms with Gasteiger partial charge in [0.1, 0.15) is 0 Å². The highest BCUT2D eigenvalue weighted by molar-refractivity contribution is 7.99. The van der Waals surface area contributed by atoms with Crippen molar-refractivity contribution in [3.8, 4) is 0 Å². The van der Waals surface area contributed by atoms with Gasteiger partial charge in [-0.1, -0.05) is 42.0 Å². The van der Waals surface area contributed by atoms with Gasteiger partial charge in [-0.05, 0) is 30.0 Å². The number of aryl methyl sites for hydroxylation is 1. The summed E-state index contributed by atoms with van der Waals surface area (Å²) in [4.78, 5) is 5.58. The number of thioether (sulfide) groups is 1. The van der Waals surface area contributed by atoms with Crippen LogP contribution in [-0.4, -0.2) is 10.7 Å². The van der Waals surface area contributed by atoms with Gasteiger partial charge in [-0.3, -0.25) is 4.98 Å². The average molecular weight is 294 g/mol. The second kappa shape index (κ2) is 6.29. The van der Waals surface area contributed by atoms with Gasteiger partial charge in [0, 0.05) is 34.5 Å². The van der Waals surface area contributed by atoms with Gasteiger partial charge in [-0.15, -0.1) is 11.8 Å². The summed E-state index contributed by atoms with van der Waals surface area (Å²) in [6.45, 7) is 2.11. The van der Waals surface area contributed by atoms with Crippen LogP contribution in [0.3, 0.4) is 0 Å². The van der Waals surface area contributed by atoms with E-state index in [9.17, 15) is 0 Å². The fourth-order valence-corrected chi connectivity index (χ4v) is 3.41. The standard InChI is InChI=1S/C18H18N2S/c1-13-5-4-7-15(9-13)21-12-18(19)17-11-20-10-14-6-2-3-8-16(14)17/h2-11,18H,12,19H2,1H3. The number of aromatic nitrogens is 1. The van der Waals surface area contributed by atoms with Crippen molar-refractivity contribution >= 4 is 22.5 Å². The molecule has 1 unspecified atom stereocenters. The molecule has 21 heavy (non-hydrogen) atoms. The van der Waals surface area contributed by atoms with Crippen molar-refractivity contribution in [2.24, 2.45) is 5.73 Å². The van der Waals surface area contributed by atoms with Crippen molar-refractivity contribution in [3.63, 3.8) is 0 Å². The van der Waals surface area contributed by atoms with Crippen molar-refractivity contribution in [2.45, 2.75) is 17.9 Å². The smallest absolute Gasteiger partial charge is 0.0411 e. The van der Waals surface area contributed by atoms with Crippen LogP contribution in [0.15, 0.2) is 65.8 Å². The van der Waals surface area contributed by atoms with E-state index < -0.39 is 0 Å². The third kappa shape index (κ3) is 3.26. The molecule has 0 aliphatic carbocycles. The topological polar surface area (TPSA) is 38.9 Å². The van der Waals surface area contributed by atoms with Gasteiger partial charge in [-0.25, -0.2) is 0 Å². The summed E-state index contributed by atoms with van der Waals surface area (Å²) in [5.74, 6) is 0.846. The maximum absolute atomic E-state index is 6.39. The lowest BCUT2D eigenvalue weighted by Gasteiger charge is -2.14. The van der Waals surface area contributed by atoms with Gasteiger partial charge in [0.2, 0.25) is 0 Å². The predicted molar refractivity (Wildman–Crippen MR) is 90.6 cm³/mol. The van der Waals surface area contributed by atoms with Crippen LogP contribution in [0.2, 0.25) is 0 Å². The number of hydrogen-bond donors (Lipinski definition) is 1. The van der Waals surface area contributed by atoms with E-state index in [1.165, 1.54) is 15.8 Å². The molecule has 3 heteroatoms. The Morgan fingerprint density at radius 3 is 2.81 bits per heavy atom. The number of nitrogens with two attached hydrogens (primary N) is 1. The van der Waals surface area contributed by atoms with Crippen LogP contribution in [0.5, 0.6) is 0 Å². The van der Waals surface area contributed by atoms with Gasteiger partial charge in [0.05, 0.1) is 0 Å². The molecule has 106 valence electrons. The molecular weight excluding hydrogens is 276 g/mol. The largest absolute Gasteiger partial charge is 0.323 e. The molecule has 0 saturated carbocycles. The molecule has 2 N–H and O–H groups in total. The molecule has 1 atom stereocenters. The van der Waals surface area contributed by atoms with E-state index in [-0.39, 0.29) is 6.04 Å². The first-order chi connectivity index (χ1) is 10.2. The first-order valence-corrected chi connectivity index (χ1v) is 8.00. The Bertz CT molecular complexity index is 750. The molecule has 3 rings (SSSR count). The molecule has 1 aromatic heterocycles. The molecule has 0 spiro atoms. The Labute approximate surface area is 129 Å². The average Bonchev–Trinajstić information content (AvgIpc) is 2.52. The highest BCUT2D eigenvalue weighted by Gasteiger charge is 2.10. The van der Waals surface area contributed by atoms with E-state index in [0.29, 0.717) is 0 Å². The minimum Gasteiger partial charge on any atom is -0.323 e. The van der Waals surface area contributed by atoms with Crippen LogP contribution in [0.1, 0.15) is 17.2 Å². The van der Waals surface area contributed by atoms with Gasteiger partial charge >= 0.3 is 0 Å². The first-order valence-electron chi connectivity index (χ1n) is 7.02. The van der Waals surface area contributed by atoms with Gasteiger partial charge < -0.3 is 5.73 Å². The Hall–Kier alpha value is -1.84. The fraction of sp³-hybridized carbons (Fsp3) is 0.167. The Morgan fingerprint density at radius 1 is 1.10 bits per heavy atom. The van der Waals surface area contributed by atoms with E-state index in [0.717, 1.165) is 16.7 Å². The molecule has 2 nitrogen and oxygen atoms in total. The molecule has 2 aromatic carbocycles. The fourth-order valence-electron chi connectivity index (χ4n) is 2.42. The van der Waals surface area contributed by atoms with Crippen LogP contribution in [0.25, 0.3) is 10.8 Å². The van der Waals surface area contributed by atoms with Crippen LogP contribution in [-0.2, 0) is 0 Å². The lowest BCUT2D eigenvalue weighted by Crippen LogP contribution is -2.13. The Kier molecular flexibility index (Phi) is 4.23. The van der Waals surface area contributed by atoms with Crippen LogP contribution >= 0.6 is 11.8 Å². The number of rotatable bonds is 4. The minimum absolute atomic E-state index is 0.0193. The molecule has 0 amide bonds. The summed E-state index contributed by atoms with van der Waals surface area (Å²) >= 11 is 1.79. The molecular formula is C18H18N2S. The second-order valence-corrected chi connectivity index (χ2v) is 6.28. The highest BCUT2D eigenvalue weighted by Crippen LogP contribution is 2.27. The molecule has 0 aliphatic heterocycles. The number of hydrogen-bond acceptors (Lipinski definition) is 3. The summed E-state index contributed by atoms with van der Waals surface area (Å²) in [6, 6.07) is 16.8. The molecule has 1 heterocycles. The van der Waals surface area contributed by atoms with E-state index in [1.54, 1.807) is 11.8 Å². The highest BCUT2D eigenvalue weighted by atomic mass is 32.2. The lowest BCUT2D eigenvalue weighted by atomic mass is 10.0. The van der Waals surface area contributed by atoms with E-state index in [2.05, 4.69) is 48.3 Å². The number of pyridine rings is 1. The van der Waals surface area contributed by atoms with E-state index >= 15 is 0 Å². The monoisotopic (exact) mass is 294 g/mol. The Morgan fingerprint density at radius 2 is 1.95 bits per heavy atom. The van der Waals surface area contributed by atoms with Crippen molar-refractivity contribution in [1.82, 2.24) is 4.98 Å². The molecule has 0 aliphatic rings. The molecule has 0 bridgehead atoms. The van der Waals surface area contributed by atoms with Crippen LogP contribution < -0.4 is 5.73 Å².